The van der Waals surface area contributed by atoms with Gasteiger partial charge in [0.15, 0.2) is 0 Å². The predicted octanol–water partition coefficient (Wildman–Crippen LogP) is 3.40. The third kappa shape index (κ3) is 3.02. The summed E-state index contributed by atoms with van der Waals surface area (Å²) < 4.78 is 0. The molecule has 2 heterocycles. The van der Waals surface area contributed by atoms with Gasteiger partial charge in [0.05, 0.1) is 0 Å². The third-order valence-electron chi connectivity index (χ3n) is 3.66. The summed E-state index contributed by atoms with van der Waals surface area (Å²) in [4.78, 5) is 6.44. The average molecular weight is 268 g/mol. The maximum absolute atomic E-state index is 5.68. The van der Waals surface area contributed by atoms with Gasteiger partial charge in [0, 0.05) is 42.4 Å². The molecule has 4 heteroatoms. The van der Waals surface area contributed by atoms with Crippen molar-refractivity contribution >= 4 is 22.9 Å². The fourth-order valence-corrected chi connectivity index (χ4v) is 2.60. The largest absolute Gasteiger partial charge is 0.384 e. The van der Waals surface area contributed by atoms with Gasteiger partial charge in [-0.2, -0.15) is 0 Å². The molecule has 0 bridgehead atoms. The number of piperidine rings is 1. The van der Waals surface area contributed by atoms with Gasteiger partial charge in [-0.05, 0) is 49.6 Å². The first-order valence-corrected chi connectivity index (χ1v) is 7.15. The van der Waals surface area contributed by atoms with Crippen LogP contribution in [-0.4, -0.2) is 18.1 Å². The zero-order valence-electron chi connectivity index (χ0n) is 11.5. The molecule has 0 amide bonds. The summed E-state index contributed by atoms with van der Waals surface area (Å²) in [5.41, 5.74) is 9.01. The minimum absolute atomic E-state index is 0.528. The quantitative estimate of drug-likeness (QED) is 0.896. The number of hydrogen-bond donors (Lipinski definition) is 2. The Morgan fingerprint density at radius 1 is 0.950 bits per heavy atom. The molecule has 0 radical (unpaired) electrons. The van der Waals surface area contributed by atoms with Crippen molar-refractivity contribution in [2.45, 2.75) is 19.3 Å². The van der Waals surface area contributed by atoms with E-state index in [2.05, 4.69) is 39.5 Å². The highest BCUT2D eigenvalue weighted by Crippen LogP contribution is 2.23. The molecule has 2 aromatic rings. The number of hydrogen-bond acceptors (Lipinski definition) is 4. The highest BCUT2D eigenvalue weighted by Gasteiger charge is 2.10. The number of anilines is 4. The zero-order valence-corrected chi connectivity index (χ0v) is 11.5. The van der Waals surface area contributed by atoms with Gasteiger partial charge >= 0.3 is 0 Å². The average Bonchev–Trinajstić information content (AvgIpc) is 2.49. The first-order chi connectivity index (χ1) is 9.81. The van der Waals surface area contributed by atoms with Crippen LogP contribution in [0.15, 0.2) is 42.6 Å². The van der Waals surface area contributed by atoms with Crippen molar-refractivity contribution in [2.24, 2.45) is 0 Å². The van der Waals surface area contributed by atoms with E-state index >= 15 is 0 Å². The molecule has 3 rings (SSSR count). The number of aromatic nitrogens is 1. The van der Waals surface area contributed by atoms with Crippen molar-refractivity contribution < 1.29 is 0 Å². The van der Waals surface area contributed by atoms with Crippen LogP contribution in [0.1, 0.15) is 19.3 Å². The fourth-order valence-electron chi connectivity index (χ4n) is 2.60. The lowest BCUT2D eigenvalue weighted by atomic mass is 10.1. The van der Waals surface area contributed by atoms with E-state index in [1.165, 1.54) is 38.0 Å². The molecular weight excluding hydrogens is 248 g/mol. The lowest BCUT2D eigenvalue weighted by Crippen LogP contribution is -2.29. The van der Waals surface area contributed by atoms with E-state index in [9.17, 15) is 0 Å². The number of nitrogen functional groups attached to an aromatic ring is 1. The molecule has 0 atom stereocenters. The van der Waals surface area contributed by atoms with Gasteiger partial charge in [-0.25, -0.2) is 4.98 Å². The van der Waals surface area contributed by atoms with Crippen LogP contribution in [0.25, 0.3) is 0 Å². The number of nitrogens with one attached hydrogen (secondary N) is 1. The minimum Gasteiger partial charge on any atom is -0.384 e. The Bertz CT molecular complexity index is 559. The van der Waals surface area contributed by atoms with E-state index in [0.717, 1.165) is 11.4 Å². The lowest BCUT2D eigenvalue weighted by molar-refractivity contribution is 0.578. The molecule has 0 spiro atoms. The van der Waals surface area contributed by atoms with Crippen LogP contribution in [-0.2, 0) is 0 Å². The summed E-state index contributed by atoms with van der Waals surface area (Å²) >= 11 is 0. The normalized spacial score (nSPS) is 15.1. The van der Waals surface area contributed by atoms with E-state index in [-0.39, 0.29) is 0 Å². The van der Waals surface area contributed by atoms with Gasteiger partial charge in [0.25, 0.3) is 0 Å². The number of benzene rings is 1. The fraction of sp³-hybridized carbons (Fsp3) is 0.312. The molecular formula is C16H20N4. The second-order valence-electron chi connectivity index (χ2n) is 5.19. The molecule has 0 unspecified atom stereocenters. The number of nitrogens with zero attached hydrogens (tertiary/aromatic N) is 2. The van der Waals surface area contributed by atoms with Crippen LogP contribution < -0.4 is 16.0 Å². The maximum atomic E-state index is 5.68. The first-order valence-electron chi connectivity index (χ1n) is 7.15. The van der Waals surface area contributed by atoms with E-state index in [0.29, 0.717) is 5.82 Å². The van der Waals surface area contributed by atoms with Crippen molar-refractivity contribution in [3.05, 3.63) is 42.6 Å². The number of nitrogens with two attached hydrogens (primary N) is 1. The van der Waals surface area contributed by atoms with Gasteiger partial charge < -0.3 is 16.0 Å². The number of rotatable bonds is 3. The van der Waals surface area contributed by atoms with Crippen LogP contribution in [0.4, 0.5) is 22.9 Å². The molecule has 0 aliphatic carbocycles. The van der Waals surface area contributed by atoms with Gasteiger partial charge in [0.2, 0.25) is 0 Å². The summed E-state index contributed by atoms with van der Waals surface area (Å²) in [6, 6.07) is 12.3. The Morgan fingerprint density at radius 3 is 2.40 bits per heavy atom. The van der Waals surface area contributed by atoms with Crippen molar-refractivity contribution in [3.8, 4) is 0 Å². The van der Waals surface area contributed by atoms with Crippen LogP contribution in [0.3, 0.4) is 0 Å². The summed E-state index contributed by atoms with van der Waals surface area (Å²) in [7, 11) is 0. The summed E-state index contributed by atoms with van der Waals surface area (Å²) in [5, 5.41) is 3.34. The monoisotopic (exact) mass is 268 g/mol. The molecule has 1 saturated heterocycles. The molecule has 104 valence electrons. The molecule has 0 saturated carbocycles. The topological polar surface area (TPSA) is 54.2 Å². The first kappa shape index (κ1) is 12.8. The Hall–Kier alpha value is -2.23. The summed E-state index contributed by atoms with van der Waals surface area (Å²) in [5.74, 6) is 0.528. The highest BCUT2D eigenvalue weighted by molar-refractivity contribution is 5.64. The molecule has 3 N–H and O–H groups in total. The van der Waals surface area contributed by atoms with Gasteiger partial charge in [-0.1, -0.05) is 0 Å². The van der Waals surface area contributed by atoms with Crippen LogP contribution >= 0.6 is 0 Å². The van der Waals surface area contributed by atoms with E-state index in [1.807, 2.05) is 12.1 Å². The van der Waals surface area contributed by atoms with E-state index < -0.39 is 0 Å². The second kappa shape index (κ2) is 5.82. The summed E-state index contributed by atoms with van der Waals surface area (Å²) in [6.45, 7) is 2.35. The molecule has 1 aliphatic heterocycles. The molecule has 20 heavy (non-hydrogen) atoms. The molecule has 4 nitrogen and oxygen atoms in total. The van der Waals surface area contributed by atoms with Crippen molar-refractivity contribution in [3.63, 3.8) is 0 Å². The molecule has 1 aliphatic rings. The minimum atomic E-state index is 0.528. The standard InChI is InChI=1S/C16H20N4/c17-16-12-14(8-9-18-16)19-13-4-6-15(7-5-13)20-10-2-1-3-11-20/h4-9,12H,1-3,10-11H2,(H3,17,18,19). The lowest BCUT2D eigenvalue weighted by Gasteiger charge is -2.28. The van der Waals surface area contributed by atoms with Crippen molar-refractivity contribution in [1.29, 1.82) is 0 Å². The molecule has 1 fully saturated rings. The van der Waals surface area contributed by atoms with Crippen molar-refractivity contribution in [1.82, 2.24) is 4.98 Å². The van der Waals surface area contributed by atoms with Gasteiger partial charge in [-0.3, -0.25) is 0 Å². The predicted molar refractivity (Wildman–Crippen MR) is 84.4 cm³/mol. The van der Waals surface area contributed by atoms with Crippen LogP contribution in [0.5, 0.6) is 0 Å². The van der Waals surface area contributed by atoms with Gasteiger partial charge in [-0.15, -0.1) is 0 Å². The third-order valence-corrected chi connectivity index (χ3v) is 3.66. The SMILES string of the molecule is Nc1cc(Nc2ccc(N3CCCCC3)cc2)ccn1. The van der Waals surface area contributed by atoms with Crippen LogP contribution in [0.2, 0.25) is 0 Å². The van der Waals surface area contributed by atoms with Crippen LogP contribution in [0, 0.1) is 0 Å². The van der Waals surface area contributed by atoms with E-state index in [1.54, 1.807) is 6.20 Å². The Labute approximate surface area is 119 Å². The van der Waals surface area contributed by atoms with Gasteiger partial charge in [0.1, 0.15) is 5.82 Å². The number of pyridine rings is 1. The molecule has 1 aromatic carbocycles. The molecule has 1 aromatic heterocycles. The Balaban J connectivity index is 1.69. The summed E-state index contributed by atoms with van der Waals surface area (Å²) in [6.07, 6.45) is 5.67. The Kier molecular flexibility index (Phi) is 3.72. The maximum Gasteiger partial charge on any atom is 0.125 e. The van der Waals surface area contributed by atoms with E-state index in [4.69, 9.17) is 5.73 Å². The second-order valence-corrected chi connectivity index (χ2v) is 5.19. The zero-order chi connectivity index (χ0) is 13.8. The highest BCUT2D eigenvalue weighted by atomic mass is 15.1. The van der Waals surface area contributed by atoms with Crippen molar-refractivity contribution in [2.75, 3.05) is 29.0 Å². The Morgan fingerprint density at radius 2 is 1.70 bits per heavy atom. The smallest absolute Gasteiger partial charge is 0.125 e.